The van der Waals surface area contributed by atoms with Crippen LogP contribution in [0.2, 0.25) is 0 Å². The van der Waals surface area contributed by atoms with Crippen molar-refractivity contribution in [3.05, 3.63) is 48.3 Å². The average molecular weight is 380 g/mol. The lowest BCUT2D eigenvalue weighted by Gasteiger charge is -2.26. The molecule has 1 saturated carbocycles. The van der Waals surface area contributed by atoms with E-state index in [1.165, 1.54) is 0 Å². The van der Waals surface area contributed by atoms with Gasteiger partial charge in [0.1, 0.15) is 6.61 Å². The molecule has 0 unspecified atom stereocenters. The molecule has 1 heterocycles. The SMILES string of the molecule is CNC1(c2nnnn2CCOC(=O)Nc2cccc3ccccc23)CCCC1. The highest BCUT2D eigenvalue weighted by molar-refractivity contribution is 6.00. The van der Waals surface area contributed by atoms with Gasteiger partial charge in [0.05, 0.1) is 17.8 Å². The van der Waals surface area contributed by atoms with E-state index >= 15 is 0 Å². The summed E-state index contributed by atoms with van der Waals surface area (Å²) in [6.45, 7) is 0.600. The van der Waals surface area contributed by atoms with Gasteiger partial charge in [-0.3, -0.25) is 5.32 Å². The number of carbonyl (C=O) groups is 1. The van der Waals surface area contributed by atoms with Gasteiger partial charge in [-0.1, -0.05) is 49.2 Å². The molecular weight excluding hydrogens is 356 g/mol. The number of hydrogen-bond acceptors (Lipinski definition) is 6. The van der Waals surface area contributed by atoms with Crippen molar-refractivity contribution in [2.24, 2.45) is 0 Å². The van der Waals surface area contributed by atoms with Gasteiger partial charge in [0.2, 0.25) is 0 Å². The Morgan fingerprint density at radius 2 is 1.96 bits per heavy atom. The van der Waals surface area contributed by atoms with Crippen molar-refractivity contribution in [2.75, 3.05) is 19.0 Å². The predicted molar refractivity (Wildman–Crippen MR) is 106 cm³/mol. The van der Waals surface area contributed by atoms with E-state index in [1.807, 2.05) is 49.5 Å². The molecule has 1 aliphatic carbocycles. The van der Waals surface area contributed by atoms with Crippen LogP contribution in [0.15, 0.2) is 42.5 Å². The summed E-state index contributed by atoms with van der Waals surface area (Å²) in [5, 5.41) is 20.4. The summed E-state index contributed by atoms with van der Waals surface area (Å²) < 4.78 is 7.09. The second-order valence-electron chi connectivity index (χ2n) is 7.05. The first kappa shape index (κ1) is 18.4. The van der Waals surface area contributed by atoms with E-state index in [0.29, 0.717) is 6.54 Å². The van der Waals surface area contributed by atoms with Crippen molar-refractivity contribution in [1.29, 1.82) is 0 Å². The van der Waals surface area contributed by atoms with Gasteiger partial charge in [0.25, 0.3) is 0 Å². The molecule has 3 aromatic rings. The van der Waals surface area contributed by atoms with E-state index in [-0.39, 0.29) is 12.1 Å². The number of amides is 1. The third-order valence-electron chi connectivity index (χ3n) is 5.46. The highest BCUT2D eigenvalue weighted by Crippen LogP contribution is 2.36. The molecule has 1 amide bonds. The Balaban J connectivity index is 1.37. The Morgan fingerprint density at radius 3 is 2.79 bits per heavy atom. The number of aromatic nitrogens is 4. The van der Waals surface area contributed by atoms with Crippen molar-refractivity contribution < 1.29 is 9.53 Å². The topological polar surface area (TPSA) is 94.0 Å². The van der Waals surface area contributed by atoms with Crippen LogP contribution in [0.5, 0.6) is 0 Å². The molecule has 0 saturated heterocycles. The third-order valence-corrected chi connectivity index (χ3v) is 5.46. The molecule has 1 aliphatic rings. The van der Waals surface area contributed by atoms with Crippen molar-refractivity contribution in [2.45, 2.75) is 37.8 Å². The Morgan fingerprint density at radius 1 is 1.18 bits per heavy atom. The van der Waals surface area contributed by atoms with Crippen molar-refractivity contribution >= 4 is 22.6 Å². The molecule has 0 aliphatic heterocycles. The van der Waals surface area contributed by atoms with E-state index in [4.69, 9.17) is 4.74 Å². The zero-order valence-corrected chi connectivity index (χ0v) is 15.9. The van der Waals surface area contributed by atoms with Crippen LogP contribution >= 0.6 is 0 Å². The summed E-state index contributed by atoms with van der Waals surface area (Å²) in [5.41, 5.74) is 0.542. The largest absolute Gasteiger partial charge is 0.447 e. The third kappa shape index (κ3) is 3.55. The zero-order chi connectivity index (χ0) is 19.4. The normalized spacial score (nSPS) is 15.6. The Labute approximate surface area is 163 Å². The monoisotopic (exact) mass is 380 g/mol. The summed E-state index contributed by atoms with van der Waals surface area (Å²) >= 11 is 0. The second-order valence-corrected chi connectivity index (χ2v) is 7.05. The summed E-state index contributed by atoms with van der Waals surface area (Å²) in [7, 11) is 1.94. The van der Waals surface area contributed by atoms with Gasteiger partial charge in [0.15, 0.2) is 5.82 Å². The fourth-order valence-electron chi connectivity index (χ4n) is 3.97. The molecule has 0 spiro atoms. The molecule has 8 nitrogen and oxygen atoms in total. The van der Waals surface area contributed by atoms with Gasteiger partial charge < -0.3 is 10.1 Å². The first-order chi connectivity index (χ1) is 13.7. The zero-order valence-electron chi connectivity index (χ0n) is 15.9. The molecule has 1 fully saturated rings. The van der Waals surface area contributed by atoms with Crippen LogP contribution in [0.1, 0.15) is 31.5 Å². The van der Waals surface area contributed by atoms with Crippen molar-refractivity contribution in [3.8, 4) is 0 Å². The number of carbonyl (C=O) groups excluding carboxylic acids is 1. The summed E-state index contributed by atoms with van der Waals surface area (Å²) in [4.78, 5) is 12.2. The van der Waals surface area contributed by atoms with Crippen LogP contribution in [-0.4, -0.2) is 40.0 Å². The standard InChI is InChI=1S/C20H24N6O2/c1-21-20(11-4-5-12-20)18-23-24-25-26(18)13-14-28-19(27)22-17-10-6-8-15-7-2-3-9-16(15)17/h2-3,6-10,21H,4-5,11-14H2,1H3,(H,22,27). The highest BCUT2D eigenvalue weighted by atomic mass is 16.5. The lowest BCUT2D eigenvalue weighted by atomic mass is 9.97. The summed E-state index contributed by atoms with van der Waals surface area (Å²) in [6, 6.07) is 13.7. The average Bonchev–Trinajstić information content (AvgIpc) is 3.38. The number of tetrazole rings is 1. The highest BCUT2D eigenvalue weighted by Gasteiger charge is 2.38. The van der Waals surface area contributed by atoms with E-state index in [9.17, 15) is 4.79 Å². The number of benzene rings is 2. The van der Waals surface area contributed by atoms with E-state index in [1.54, 1.807) is 4.68 Å². The first-order valence-corrected chi connectivity index (χ1v) is 9.59. The van der Waals surface area contributed by atoms with Crippen LogP contribution < -0.4 is 10.6 Å². The van der Waals surface area contributed by atoms with E-state index < -0.39 is 6.09 Å². The fraction of sp³-hybridized carbons (Fsp3) is 0.400. The minimum Gasteiger partial charge on any atom is -0.447 e. The number of hydrogen-bond donors (Lipinski definition) is 2. The molecule has 0 atom stereocenters. The van der Waals surface area contributed by atoms with Crippen molar-refractivity contribution in [1.82, 2.24) is 25.5 Å². The maximum Gasteiger partial charge on any atom is 0.411 e. The lowest BCUT2D eigenvalue weighted by Crippen LogP contribution is -2.40. The lowest BCUT2D eigenvalue weighted by molar-refractivity contribution is 0.153. The number of ether oxygens (including phenoxy) is 1. The molecule has 2 aromatic carbocycles. The first-order valence-electron chi connectivity index (χ1n) is 9.59. The minimum atomic E-state index is -0.491. The van der Waals surface area contributed by atoms with E-state index in [0.717, 1.165) is 48.0 Å². The maximum absolute atomic E-state index is 12.2. The van der Waals surface area contributed by atoms with Gasteiger partial charge in [-0.05, 0) is 41.8 Å². The van der Waals surface area contributed by atoms with Crippen molar-refractivity contribution in [3.63, 3.8) is 0 Å². The van der Waals surface area contributed by atoms with Crippen LogP contribution in [0.3, 0.4) is 0 Å². The van der Waals surface area contributed by atoms with Crippen LogP contribution in [-0.2, 0) is 16.8 Å². The molecule has 1 aromatic heterocycles. The molecule has 8 heteroatoms. The van der Waals surface area contributed by atoms with Crippen LogP contribution in [0, 0.1) is 0 Å². The minimum absolute atomic E-state index is 0.186. The Bertz CT molecular complexity index is 959. The summed E-state index contributed by atoms with van der Waals surface area (Å²) in [5.74, 6) is 0.811. The Hall–Kier alpha value is -3.00. The molecular formula is C20H24N6O2. The van der Waals surface area contributed by atoms with Gasteiger partial charge in [0, 0.05) is 5.39 Å². The van der Waals surface area contributed by atoms with Gasteiger partial charge >= 0.3 is 6.09 Å². The molecule has 28 heavy (non-hydrogen) atoms. The van der Waals surface area contributed by atoms with Gasteiger partial charge in [-0.15, -0.1) is 5.10 Å². The Kier molecular flexibility index (Phi) is 5.21. The number of nitrogens with one attached hydrogen (secondary N) is 2. The number of anilines is 1. The molecule has 146 valence electrons. The fourth-order valence-corrected chi connectivity index (χ4v) is 3.97. The quantitative estimate of drug-likeness (QED) is 0.683. The molecule has 0 bridgehead atoms. The van der Waals surface area contributed by atoms with Gasteiger partial charge in [-0.25, -0.2) is 9.48 Å². The van der Waals surface area contributed by atoms with E-state index in [2.05, 4.69) is 26.2 Å². The van der Waals surface area contributed by atoms with Crippen LogP contribution in [0.25, 0.3) is 10.8 Å². The van der Waals surface area contributed by atoms with Crippen LogP contribution in [0.4, 0.5) is 10.5 Å². The number of rotatable bonds is 6. The molecule has 2 N–H and O–H groups in total. The summed E-state index contributed by atoms with van der Waals surface area (Å²) in [6.07, 6.45) is 3.82. The molecule has 4 rings (SSSR count). The second kappa shape index (κ2) is 7.93. The molecule has 0 radical (unpaired) electrons. The number of fused-ring (bicyclic) bond motifs is 1. The number of nitrogens with zero attached hydrogens (tertiary/aromatic N) is 4. The smallest absolute Gasteiger partial charge is 0.411 e. The van der Waals surface area contributed by atoms with Gasteiger partial charge in [-0.2, -0.15) is 0 Å². The maximum atomic E-state index is 12.2. The predicted octanol–water partition coefficient (Wildman–Crippen LogP) is 3.06.